The third-order valence-electron chi connectivity index (χ3n) is 14.9. The van der Waals surface area contributed by atoms with E-state index >= 15 is 0 Å². The Morgan fingerprint density at radius 1 is 0.808 bits per heavy atom. The van der Waals surface area contributed by atoms with Crippen LogP contribution in [0.25, 0.3) is 0 Å². The summed E-state index contributed by atoms with van der Waals surface area (Å²) in [5.74, 6) is -0.968. The smallest absolute Gasteiger partial charge is 0.187 e. The lowest BCUT2D eigenvalue weighted by atomic mass is 9.41. The van der Waals surface area contributed by atoms with Crippen LogP contribution in [0.2, 0.25) is 0 Å². The average molecular weight is 747 g/mol. The first-order valence-corrected chi connectivity index (χ1v) is 19.6. The molecule has 6 rings (SSSR count). The van der Waals surface area contributed by atoms with E-state index in [-0.39, 0.29) is 42.8 Å². The van der Waals surface area contributed by atoms with Gasteiger partial charge in [0.25, 0.3) is 0 Å². The lowest BCUT2D eigenvalue weighted by Crippen LogP contribution is -2.70. The molecular weight excluding hydrogens is 680 g/mol. The lowest BCUT2D eigenvalue weighted by Gasteiger charge is -2.66. The third-order valence-corrected chi connectivity index (χ3v) is 14.9. The van der Waals surface area contributed by atoms with Crippen LogP contribution in [-0.2, 0) is 23.7 Å². The van der Waals surface area contributed by atoms with E-state index < -0.39 is 108 Å². The van der Waals surface area contributed by atoms with E-state index in [4.69, 9.17) is 23.7 Å². The van der Waals surface area contributed by atoms with Gasteiger partial charge in [-0.3, -0.25) is 0 Å². The Morgan fingerprint density at radius 3 is 2.15 bits per heavy atom. The number of aliphatic hydroxyl groups is 9. The highest BCUT2D eigenvalue weighted by Gasteiger charge is 2.71. The zero-order chi connectivity index (χ0) is 38.1. The maximum atomic E-state index is 12.6. The molecule has 0 aromatic rings. The highest BCUT2D eigenvalue weighted by molar-refractivity contribution is 5.21. The molecule has 2 saturated heterocycles. The van der Waals surface area contributed by atoms with Crippen molar-refractivity contribution >= 4 is 0 Å². The Morgan fingerprint density at radius 2 is 1.50 bits per heavy atom. The van der Waals surface area contributed by atoms with Crippen LogP contribution < -0.4 is 0 Å². The Kier molecular flexibility index (Phi) is 12.2. The van der Waals surface area contributed by atoms with Crippen LogP contribution in [-0.4, -0.2) is 152 Å². The molecule has 9 N–H and O–H groups in total. The second-order valence-electron chi connectivity index (χ2n) is 18.1. The number of ether oxygens (including phenoxy) is 5. The minimum atomic E-state index is -1.45. The van der Waals surface area contributed by atoms with Gasteiger partial charge in [0.1, 0.15) is 36.6 Å². The maximum Gasteiger partial charge on any atom is 0.187 e. The van der Waals surface area contributed by atoms with Crippen molar-refractivity contribution in [2.45, 2.75) is 171 Å². The van der Waals surface area contributed by atoms with Crippen molar-refractivity contribution in [3.63, 3.8) is 0 Å². The molecule has 0 spiro atoms. The van der Waals surface area contributed by atoms with Crippen LogP contribution >= 0.6 is 0 Å². The monoisotopic (exact) mass is 746 g/mol. The predicted octanol–water partition coefficient (Wildman–Crippen LogP) is 0.0474. The molecule has 14 nitrogen and oxygen atoms in total. The van der Waals surface area contributed by atoms with E-state index in [2.05, 4.69) is 13.8 Å². The Bertz CT molecular complexity index is 1210. The number of hydrogen-bond acceptors (Lipinski definition) is 14. The van der Waals surface area contributed by atoms with Crippen molar-refractivity contribution < 1.29 is 69.6 Å². The van der Waals surface area contributed by atoms with Gasteiger partial charge in [-0.05, 0) is 79.4 Å². The predicted molar refractivity (Wildman–Crippen MR) is 184 cm³/mol. The van der Waals surface area contributed by atoms with E-state index in [1.165, 1.54) is 7.11 Å². The molecule has 4 aliphatic carbocycles. The molecular formula is C38H66O14. The van der Waals surface area contributed by atoms with Crippen molar-refractivity contribution in [3.05, 3.63) is 0 Å². The summed E-state index contributed by atoms with van der Waals surface area (Å²) in [4.78, 5) is 0. The summed E-state index contributed by atoms with van der Waals surface area (Å²) in [6, 6.07) is 0. The molecule has 6 aliphatic rings. The molecule has 0 radical (unpaired) electrons. The highest BCUT2D eigenvalue weighted by atomic mass is 16.8. The first kappa shape index (κ1) is 41.1. The minimum absolute atomic E-state index is 0.0259. The molecule has 302 valence electrons. The normalized spacial score (nSPS) is 53.3. The van der Waals surface area contributed by atoms with Crippen LogP contribution in [0.1, 0.15) is 86.0 Å². The Labute approximate surface area is 307 Å². The largest absolute Gasteiger partial charge is 0.394 e. The summed E-state index contributed by atoms with van der Waals surface area (Å²) in [6.07, 6.45) is -8.89. The maximum absolute atomic E-state index is 12.6. The fourth-order valence-corrected chi connectivity index (χ4v) is 12.2. The van der Waals surface area contributed by atoms with Crippen molar-refractivity contribution in [1.82, 2.24) is 0 Å². The van der Waals surface area contributed by atoms with Gasteiger partial charge in [0, 0.05) is 25.4 Å². The van der Waals surface area contributed by atoms with Gasteiger partial charge in [0.15, 0.2) is 12.6 Å². The molecule has 0 bridgehead atoms. The van der Waals surface area contributed by atoms with E-state index in [0.29, 0.717) is 32.1 Å². The number of fused-ring (bicyclic) bond motifs is 5. The first-order chi connectivity index (χ1) is 24.4. The summed E-state index contributed by atoms with van der Waals surface area (Å²) in [5.41, 5.74) is -2.28. The Hall–Kier alpha value is -0.560. The molecule has 4 saturated carbocycles. The van der Waals surface area contributed by atoms with E-state index in [0.717, 1.165) is 12.8 Å². The van der Waals surface area contributed by atoms with E-state index in [1.807, 2.05) is 20.8 Å². The van der Waals surface area contributed by atoms with Crippen LogP contribution in [0, 0.1) is 46.3 Å². The molecule has 14 heteroatoms. The lowest BCUT2D eigenvalue weighted by molar-refractivity contribution is -0.309. The van der Waals surface area contributed by atoms with Crippen molar-refractivity contribution in [3.8, 4) is 0 Å². The van der Waals surface area contributed by atoms with Gasteiger partial charge < -0.3 is 69.6 Å². The molecule has 0 aromatic carbocycles. The van der Waals surface area contributed by atoms with Gasteiger partial charge >= 0.3 is 0 Å². The van der Waals surface area contributed by atoms with E-state index in [9.17, 15) is 46.0 Å². The molecule has 0 amide bonds. The molecule has 52 heavy (non-hydrogen) atoms. The Balaban J connectivity index is 1.13. The summed E-state index contributed by atoms with van der Waals surface area (Å²) in [6.45, 7) is 9.91. The highest BCUT2D eigenvalue weighted by Crippen LogP contribution is 2.70. The number of hydrogen-bond donors (Lipinski definition) is 9. The zero-order valence-corrected chi connectivity index (χ0v) is 31.6. The summed E-state index contributed by atoms with van der Waals surface area (Å²) < 4.78 is 29.1. The minimum Gasteiger partial charge on any atom is -0.394 e. The van der Waals surface area contributed by atoms with Gasteiger partial charge in [0.2, 0.25) is 0 Å². The third kappa shape index (κ3) is 6.82. The molecule has 6 fully saturated rings. The molecule has 2 aliphatic heterocycles. The van der Waals surface area contributed by atoms with Gasteiger partial charge in [-0.25, -0.2) is 0 Å². The van der Waals surface area contributed by atoms with Gasteiger partial charge in [-0.15, -0.1) is 0 Å². The number of aliphatic hydroxyl groups excluding tert-OH is 8. The van der Waals surface area contributed by atoms with Crippen molar-refractivity contribution in [2.24, 2.45) is 46.3 Å². The van der Waals surface area contributed by atoms with Gasteiger partial charge in [0.05, 0.1) is 49.3 Å². The molecule has 2 heterocycles. The summed E-state index contributed by atoms with van der Waals surface area (Å²) in [5, 5.41) is 99.3. The van der Waals surface area contributed by atoms with Crippen LogP contribution in [0.4, 0.5) is 0 Å². The second kappa shape index (κ2) is 15.4. The number of methoxy groups -OCH3 is 1. The molecule has 0 aromatic heterocycles. The fourth-order valence-electron chi connectivity index (χ4n) is 12.2. The van der Waals surface area contributed by atoms with Crippen molar-refractivity contribution in [2.75, 3.05) is 20.3 Å². The summed E-state index contributed by atoms with van der Waals surface area (Å²) in [7, 11) is 1.40. The van der Waals surface area contributed by atoms with Crippen LogP contribution in [0.15, 0.2) is 0 Å². The standard InChI is InChI=1S/C38H66O14/c1-17(2)23(50-35-32(30(45)24(15-39)51-35)52-34-31(46)29(44)25(48-6)16-49-34)8-7-18(3)19-13-21(41)33-36(19,4)12-10-26-37(5)11-9-20(40)28(43)27(37)22(42)14-38(26,33)47/h17-35,39-47H,7-16H2,1-6H3/t18-,19-,20+,21-,22+,23+,24?,25?,26?,27?,28+,29?,30?,31?,32?,33?,34?,35?,36-,37-,38+/m1/s1. The van der Waals surface area contributed by atoms with Gasteiger partial charge in [-0.2, -0.15) is 0 Å². The summed E-state index contributed by atoms with van der Waals surface area (Å²) >= 11 is 0. The van der Waals surface area contributed by atoms with Crippen LogP contribution in [0.5, 0.6) is 0 Å². The number of rotatable bonds is 11. The SMILES string of the molecule is COC1COC(OC2C(O[C@@H](CC[C@@H](C)[C@H]3C[C@@H](O)C4[C@]5(O)C[C@H](O)C6[C@@H](O)[C@@H](O)CC[C@]6(C)C5CC[C@@]43C)C(C)C)OC(CO)C2O)C(O)C1O. The van der Waals surface area contributed by atoms with Crippen LogP contribution in [0.3, 0.4) is 0 Å². The van der Waals surface area contributed by atoms with Gasteiger partial charge in [-0.1, -0.05) is 34.6 Å². The average Bonchev–Trinajstić information content (AvgIpc) is 3.54. The topological polar surface area (TPSA) is 228 Å². The van der Waals surface area contributed by atoms with E-state index in [1.54, 1.807) is 0 Å². The first-order valence-electron chi connectivity index (χ1n) is 19.6. The fraction of sp³-hybridized carbons (Fsp3) is 1.00. The second-order valence-corrected chi connectivity index (χ2v) is 18.1. The van der Waals surface area contributed by atoms with Crippen molar-refractivity contribution in [1.29, 1.82) is 0 Å². The molecule has 11 unspecified atom stereocenters. The quantitative estimate of drug-likeness (QED) is 0.136. The zero-order valence-electron chi connectivity index (χ0n) is 31.6. The molecule has 21 atom stereocenters.